The van der Waals surface area contributed by atoms with E-state index in [4.69, 9.17) is 12.2 Å². The molecular weight excluding hydrogens is 297 g/mol. The van der Waals surface area contributed by atoms with Crippen LogP contribution in [0.25, 0.3) is 0 Å². The normalized spacial score (nSPS) is 17.5. The summed E-state index contributed by atoms with van der Waals surface area (Å²) in [6.45, 7) is 2.12. The van der Waals surface area contributed by atoms with Crippen molar-refractivity contribution in [3.8, 4) is 0 Å². The Morgan fingerprint density at radius 3 is 2.24 bits per heavy atom. The van der Waals surface area contributed by atoms with Crippen molar-refractivity contribution in [3.63, 3.8) is 0 Å². The van der Waals surface area contributed by atoms with Gasteiger partial charge in [0, 0.05) is 11.2 Å². The van der Waals surface area contributed by atoms with Crippen molar-refractivity contribution < 1.29 is 13.2 Å². The van der Waals surface area contributed by atoms with Gasteiger partial charge in [-0.25, -0.2) is 0 Å². The maximum Gasteiger partial charge on any atom is 0.416 e. The van der Waals surface area contributed by atoms with E-state index in [-0.39, 0.29) is 5.54 Å². The van der Waals surface area contributed by atoms with Crippen LogP contribution in [0.4, 0.5) is 18.9 Å². The summed E-state index contributed by atoms with van der Waals surface area (Å²) in [5.41, 5.74) is -0.0618. The van der Waals surface area contributed by atoms with Gasteiger partial charge in [0.2, 0.25) is 0 Å². The Hall–Kier alpha value is -1.30. The first-order chi connectivity index (χ1) is 9.85. The van der Waals surface area contributed by atoms with E-state index in [0.717, 1.165) is 31.4 Å². The number of benzene rings is 1. The Balaban J connectivity index is 1.96. The van der Waals surface area contributed by atoms with E-state index in [1.807, 2.05) is 0 Å². The van der Waals surface area contributed by atoms with Crippen LogP contribution >= 0.6 is 12.2 Å². The summed E-state index contributed by atoms with van der Waals surface area (Å²) in [6.07, 6.45) is 1.21. The molecule has 116 valence electrons. The number of hydrogen-bond donors (Lipinski definition) is 2. The van der Waals surface area contributed by atoms with Crippen LogP contribution in [0.1, 0.15) is 44.6 Å². The second-order valence-electron chi connectivity index (χ2n) is 5.50. The lowest BCUT2D eigenvalue weighted by Crippen LogP contribution is -2.47. The van der Waals surface area contributed by atoms with Crippen molar-refractivity contribution in [3.05, 3.63) is 29.8 Å². The molecule has 1 aromatic carbocycles. The second kappa shape index (κ2) is 6.22. The predicted molar refractivity (Wildman–Crippen MR) is 82.3 cm³/mol. The molecule has 0 aliphatic heterocycles. The molecule has 1 fully saturated rings. The van der Waals surface area contributed by atoms with Crippen LogP contribution in [0, 0.1) is 0 Å². The van der Waals surface area contributed by atoms with E-state index < -0.39 is 11.7 Å². The quantitative estimate of drug-likeness (QED) is 0.789. The fourth-order valence-electron chi connectivity index (χ4n) is 2.76. The molecule has 0 atom stereocenters. The molecule has 1 saturated carbocycles. The van der Waals surface area contributed by atoms with E-state index in [9.17, 15) is 13.2 Å². The van der Waals surface area contributed by atoms with Gasteiger partial charge in [-0.3, -0.25) is 0 Å². The molecule has 0 spiro atoms. The maximum absolute atomic E-state index is 12.5. The molecule has 0 unspecified atom stereocenters. The molecule has 0 saturated heterocycles. The fraction of sp³-hybridized carbons (Fsp3) is 0.533. The van der Waals surface area contributed by atoms with Crippen molar-refractivity contribution in [2.45, 2.75) is 50.7 Å². The van der Waals surface area contributed by atoms with Crippen molar-refractivity contribution in [1.29, 1.82) is 0 Å². The minimum atomic E-state index is -4.31. The van der Waals surface area contributed by atoms with Gasteiger partial charge in [-0.15, -0.1) is 0 Å². The van der Waals surface area contributed by atoms with Crippen LogP contribution in [0.15, 0.2) is 24.3 Å². The van der Waals surface area contributed by atoms with Crippen molar-refractivity contribution in [2.24, 2.45) is 0 Å². The van der Waals surface area contributed by atoms with Crippen LogP contribution in [0.2, 0.25) is 0 Å². The SMILES string of the molecule is CCC1(NC(=S)Nc2ccc(C(F)(F)F)cc2)CCCC1. The topological polar surface area (TPSA) is 24.1 Å². The zero-order valence-corrected chi connectivity index (χ0v) is 12.7. The van der Waals surface area contributed by atoms with Crippen LogP contribution in [-0.2, 0) is 6.18 Å². The second-order valence-corrected chi connectivity index (χ2v) is 5.90. The molecule has 2 rings (SSSR count). The molecule has 0 radical (unpaired) electrons. The molecule has 1 aromatic rings. The third-order valence-corrected chi connectivity index (χ3v) is 4.29. The third-order valence-electron chi connectivity index (χ3n) is 4.09. The average Bonchev–Trinajstić information content (AvgIpc) is 2.87. The van der Waals surface area contributed by atoms with Gasteiger partial charge in [0.05, 0.1) is 5.56 Å². The highest BCUT2D eigenvalue weighted by atomic mass is 32.1. The smallest absolute Gasteiger partial charge is 0.357 e. The molecule has 1 aliphatic rings. The number of thiocarbonyl (C=S) groups is 1. The molecule has 0 heterocycles. The first-order valence-electron chi connectivity index (χ1n) is 7.11. The first-order valence-corrected chi connectivity index (χ1v) is 7.52. The predicted octanol–water partition coefficient (Wildman–Crippen LogP) is 4.71. The lowest BCUT2D eigenvalue weighted by Gasteiger charge is -2.30. The molecule has 0 aromatic heterocycles. The summed E-state index contributed by atoms with van der Waals surface area (Å²) in [5, 5.41) is 6.76. The number of nitrogens with one attached hydrogen (secondary N) is 2. The fourth-order valence-corrected chi connectivity index (χ4v) is 3.10. The van der Waals surface area contributed by atoms with Gasteiger partial charge in [0.25, 0.3) is 0 Å². The summed E-state index contributed by atoms with van der Waals surface area (Å²) in [7, 11) is 0. The molecule has 2 nitrogen and oxygen atoms in total. The molecule has 1 aliphatic carbocycles. The molecule has 21 heavy (non-hydrogen) atoms. The first kappa shape index (κ1) is 16.1. The Labute approximate surface area is 128 Å². The number of hydrogen-bond acceptors (Lipinski definition) is 1. The third kappa shape index (κ3) is 4.09. The molecule has 0 amide bonds. The largest absolute Gasteiger partial charge is 0.416 e. The Kier molecular flexibility index (Phi) is 4.76. The molecule has 2 N–H and O–H groups in total. The van der Waals surface area contributed by atoms with Crippen LogP contribution < -0.4 is 10.6 Å². The van der Waals surface area contributed by atoms with E-state index >= 15 is 0 Å². The maximum atomic E-state index is 12.5. The van der Waals surface area contributed by atoms with Gasteiger partial charge in [-0.05, 0) is 55.7 Å². The lowest BCUT2D eigenvalue weighted by atomic mass is 9.95. The summed E-state index contributed by atoms with van der Waals surface area (Å²) in [4.78, 5) is 0. The van der Waals surface area contributed by atoms with E-state index in [1.54, 1.807) is 0 Å². The van der Waals surface area contributed by atoms with Crippen molar-refractivity contribution in [2.75, 3.05) is 5.32 Å². The minimum absolute atomic E-state index is 0.0377. The Morgan fingerprint density at radius 1 is 1.19 bits per heavy atom. The highest BCUT2D eigenvalue weighted by Gasteiger charge is 2.32. The van der Waals surface area contributed by atoms with E-state index in [1.165, 1.54) is 25.0 Å². The summed E-state index contributed by atoms with van der Waals surface area (Å²) >= 11 is 5.27. The Morgan fingerprint density at radius 2 is 1.76 bits per heavy atom. The average molecular weight is 316 g/mol. The van der Waals surface area contributed by atoms with E-state index in [2.05, 4.69) is 17.6 Å². The standard InChI is InChI=1S/C15H19F3N2S/c1-2-14(9-3-4-10-14)20-13(21)19-12-7-5-11(6-8-12)15(16,17)18/h5-8H,2-4,9-10H2,1H3,(H2,19,20,21). The van der Waals surface area contributed by atoms with Gasteiger partial charge in [0.15, 0.2) is 5.11 Å². The molecular formula is C15H19F3N2S. The molecule has 6 heteroatoms. The van der Waals surface area contributed by atoms with Gasteiger partial charge < -0.3 is 10.6 Å². The summed E-state index contributed by atoms with van der Waals surface area (Å²) < 4.78 is 37.5. The van der Waals surface area contributed by atoms with Crippen molar-refractivity contribution in [1.82, 2.24) is 5.32 Å². The van der Waals surface area contributed by atoms with Crippen LogP contribution in [0.3, 0.4) is 0 Å². The van der Waals surface area contributed by atoms with Gasteiger partial charge in [-0.1, -0.05) is 19.8 Å². The number of rotatable bonds is 3. The minimum Gasteiger partial charge on any atom is -0.357 e. The van der Waals surface area contributed by atoms with Crippen molar-refractivity contribution >= 4 is 23.0 Å². The highest BCUT2D eigenvalue weighted by Crippen LogP contribution is 2.32. The van der Waals surface area contributed by atoms with Gasteiger partial charge >= 0.3 is 6.18 Å². The zero-order chi connectivity index (χ0) is 15.5. The zero-order valence-electron chi connectivity index (χ0n) is 11.9. The van der Waals surface area contributed by atoms with Crippen LogP contribution in [-0.4, -0.2) is 10.7 Å². The number of alkyl halides is 3. The van der Waals surface area contributed by atoms with Gasteiger partial charge in [-0.2, -0.15) is 13.2 Å². The number of anilines is 1. The lowest BCUT2D eigenvalue weighted by molar-refractivity contribution is -0.137. The van der Waals surface area contributed by atoms with E-state index in [0.29, 0.717) is 10.8 Å². The monoisotopic (exact) mass is 316 g/mol. The van der Waals surface area contributed by atoms with Crippen LogP contribution in [0.5, 0.6) is 0 Å². The summed E-state index contributed by atoms with van der Waals surface area (Å²) in [5.74, 6) is 0. The molecule has 0 bridgehead atoms. The Bertz CT molecular complexity index is 491. The van der Waals surface area contributed by atoms with Gasteiger partial charge in [0.1, 0.15) is 0 Å². The number of halogens is 3. The summed E-state index contributed by atoms with van der Waals surface area (Å²) in [6, 6.07) is 4.89. The highest BCUT2D eigenvalue weighted by molar-refractivity contribution is 7.80.